The number of nitrogens with zero attached hydrogens (tertiary/aromatic N) is 5. The summed E-state index contributed by atoms with van der Waals surface area (Å²) in [4.78, 5) is 31.0. The average Bonchev–Trinajstić information content (AvgIpc) is 3.00. The lowest BCUT2D eigenvalue weighted by atomic mass is 10.1. The van der Waals surface area contributed by atoms with Crippen LogP contribution >= 0.6 is 0 Å². The normalized spacial score (nSPS) is 10.9. The van der Waals surface area contributed by atoms with Gasteiger partial charge in [-0.3, -0.25) is 14.9 Å². The SMILES string of the molecule is Cc1nc2nc(N)nn2c(C)c1CCC(=O)OCc1ccccc1[N+](=O)[O-]. The van der Waals surface area contributed by atoms with Crippen molar-refractivity contribution in [3.05, 3.63) is 56.9 Å². The predicted molar refractivity (Wildman–Crippen MR) is 95.9 cm³/mol. The van der Waals surface area contributed by atoms with Gasteiger partial charge in [-0.25, -0.2) is 4.98 Å². The first kappa shape index (κ1) is 18.2. The second-order valence-electron chi connectivity index (χ2n) is 5.99. The van der Waals surface area contributed by atoms with Gasteiger partial charge in [-0.1, -0.05) is 12.1 Å². The van der Waals surface area contributed by atoms with Crippen molar-refractivity contribution in [2.45, 2.75) is 33.3 Å². The van der Waals surface area contributed by atoms with E-state index in [2.05, 4.69) is 15.1 Å². The number of nitro groups is 1. The molecule has 2 aromatic heterocycles. The van der Waals surface area contributed by atoms with E-state index in [0.717, 1.165) is 17.0 Å². The number of carbonyl (C=O) groups excluding carboxylic acids is 1. The highest BCUT2D eigenvalue weighted by Crippen LogP contribution is 2.19. The third-order valence-corrected chi connectivity index (χ3v) is 4.22. The van der Waals surface area contributed by atoms with Gasteiger partial charge in [0.2, 0.25) is 5.95 Å². The molecule has 0 radical (unpaired) electrons. The minimum atomic E-state index is -0.499. The molecule has 0 aliphatic carbocycles. The van der Waals surface area contributed by atoms with Crippen molar-refractivity contribution in [2.75, 3.05) is 5.73 Å². The molecule has 0 atom stereocenters. The van der Waals surface area contributed by atoms with Crippen LogP contribution in [-0.4, -0.2) is 30.5 Å². The van der Waals surface area contributed by atoms with Crippen LogP contribution in [0.2, 0.25) is 0 Å². The molecule has 0 saturated heterocycles. The van der Waals surface area contributed by atoms with E-state index in [1.54, 1.807) is 18.2 Å². The van der Waals surface area contributed by atoms with Gasteiger partial charge in [0, 0.05) is 23.9 Å². The molecule has 10 nitrogen and oxygen atoms in total. The number of aromatic nitrogens is 4. The number of esters is 1. The number of ether oxygens (including phenoxy) is 1. The minimum Gasteiger partial charge on any atom is -0.461 e. The molecule has 0 spiro atoms. The van der Waals surface area contributed by atoms with E-state index in [9.17, 15) is 14.9 Å². The molecule has 0 fully saturated rings. The number of carbonyl (C=O) groups is 1. The zero-order valence-corrected chi connectivity index (χ0v) is 14.9. The molecule has 27 heavy (non-hydrogen) atoms. The molecule has 0 amide bonds. The van der Waals surface area contributed by atoms with Gasteiger partial charge in [0.05, 0.1) is 10.5 Å². The molecule has 0 unspecified atom stereocenters. The fraction of sp³-hybridized carbons (Fsp3) is 0.294. The van der Waals surface area contributed by atoms with E-state index in [4.69, 9.17) is 10.5 Å². The molecule has 140 valence electrons. The van der Waals surface area contributed by atoms with E-state index < -0.39 is 10.9 Å². The van der Waals surface area contributed by atoms with Gasteiger partial charge in [0.1, 0.15) is 6.61 Å². The van der Waals surface area contributed by atoms with E-state index in [1.807, 2.05) is 13.8 Å². The summed E-state index contributed by atoms with van der Waals surface area (Å²) in [6.45, 7) is 3.53. The van der Waals surface area contributed by atoms with Crippen LogP contribution in [0, 0.1) is 24.0 Å². The number of para-hydroxylation sites is 1. The quantitative estimate of drug-likeness (QED) is 0.394. The van der Waals surface area contributed by atoms with Crippen molar-refractivity contribution in [1.29, 1.82) is 0 Å². The predicted octanol–water partition coefficient (Wildman–Crippen LogP) is 1.91. The van der Waals surface area contributed by atoms with Crippen molar-refractivity contribution >= 4 is 23.4 Å². The lowest BCUT2D eigenvalue weighted by Crippen LogP contribution is -2.11. The number of benzene rings is 1. The fourth-order valence-electron chi connectivity index (χ4n) is 2.85. The topological polar surface area (TPSA) is 139 Å². The number of nitro benzene ring substituents is 1. The van der Waals surface area contributed by atoms with E-state index in [-0.39, 0.29) is 24.7 Å². The second kappa shape index (κ2) is 7.36. The zero-order valence-electron chi connectivity index (χ0n) is 14.9. The van der Waals surface area contributed by atoms with Crippen LogP contribution < -0.4 is 5.73 Å². The van der Waals surface area contributed by atoms with Gasteiger partial charge >= 0.3 is 5.97 Å². The Kier molecular flexibility index (Phi) is 4.97. The van der Waals surface area contributed by atoms with Gasteiger partial charge in [0.15, 0.2) is 0 Å². The number of rotatable bonds is 6. The summed E-state index contributed by atoms with van der Waals surface area (Å²) in [5.74, 6) is 0.0846. The summed E-state index contributed by atoms with van der Waals surface area (Å²) in [6, 6.07) is 6.16. The first-order valence-electron chi connectivity index (χ1n) is 8.23. The van der Waals surface area contributed by atoms with E-state index in [0.29, 0.717) is 17.8 Å². The molecule has 3 rings (SSSR count). The molecule has 0 aliphatic heterocycles. The highest BCUT2D eigenvalue weighted by molar-refractivity contribution is 5.70. The monoisotopic (exact) mass is 370 g/mol. The average molecular weight is 370 g/mol. The molecule has 0 aliphatic rings. The summed E-state index contributed by atoms with van der Waals surface area (Å²) >= 11 is 0. The van der Waals surface area contributed by atoms with Crippen molar-refractivity contribution in [3.63, 3.8) is 0 Å². The molecule has 0 saturated carbocycles. The summed E-state index contributed by atoms with van der Waals surface area (Å²) in [6.07, 6.45) is 0.510. The van der Waals surface area contributed by atoms with Crippen molar-refractivity contribution in [3.8, 4) is 0 Å². The maximum absolute atomic E-state index is 12.1. The third kappa shape index (κ3) is 3.84. The van der Waals surface area contributed by atoms with Gasteiger partial charge in [-0.15, -0.1) is 5.10 Å². The highest BCUT2D eigenvalue weighted by atomic mass is 16.6. The van der Waals surface area contributed by atoms with Gasteiger partial charge < -0.3 is 10.5 Å². The first-order valence-corrected chi connectivity index (χ1v) is 8.23. The van der Waals surface area contributed by atoms with Gasteiger partial charge in [-0.2, -0.15) is 9.50 Å². The Labute approximate surface area is 154 Å². The van der Waals surface area contributed by atoms with Crippen LogP contribution in [0.15, 0.2) is 24.3 Å². The van der Waals surface area contributed by atoms with Crippen LogP contribution in [0.3, 0.4) is 0 Å². The fourth-order valence-corrected chi connectivity index (χ4v) is 2.85. The highest BCUT2D eigenvalue weighted by Gasteiger charge is 2.16. The van der Waals surface area contributed by atoms with Crippen LogP contribution in [0.25, 0.3) is 5.78 Å². The third-order valence-electron chi connectivity index (χ3n) is 4.22. The lowest BCUT2D eigenvalue weighted by molar-refractivity contribution is -0.385. The maximum Gasteiger partial charge on any atom is 0.306 e. The Morgan fingerprint density at radius 2 is 2.04 bits per heavy atom. The van der Waals surface area contributed by atoms with Crippen molar-refractivity contribution in [1.82, 2.24) is 19.6 Å². The number of nitrogens with two attached hydrogens (primary N) is 1. The van der Waals surface area contributed by atoms with E-state index in [1.165, 1.54) is 10.6 Å². The summed E-state index contributed by atoms with van der Waals surface area (Å²) in [7, 11) is 0. The molecule has 2 heterocycles. The van der Waals surface area contributed by atoms with Crippen molar-refractivity contribution in [2.24, 2.45) is 0 Å². The Hall–Kier alpha value is -3.56. The Morgan fingerprint density at radius 1 is 1.30 bits per heavy atom. The molecular formula is C17H18N6O4. The summed E-state index contributed by atoms with van der Waals surface area (Å²) in [5.41, 5.74) is 8.27. The van der Waals surface area contributed by atoms with E-state index >= 15 is 0 Å². The first-order chi connectivity index (χ1) is 12.9. The number of hydrogen-bond donors (Lipinski definition) is 1. The molecule has 2 N–H and O–H groups in total. The number of hydrogen-bond acceptors (Lipinski definition) is 8. The van der Waals surface area contributed by atoms with Crippen LogP contribution in [-0.2, 0) is 22.6 Å². The molecule has 0 bridgehead atoms. The maximum atomic E-state index is 12.1. The number of nitrogen functional groups attached to an aromatic ring is 1. The number of anilines is 1. The molecule has 3 aromatic rings. The largest absolute Gasteiger partial charge is 0.461 e. The lowest BCUT2D eigenvalue weighted by Gasteiger charge is -2.10. The standard InChI is InChI=1S/C17H18N6O4/c1-10-13(11(2)22-17(19-10)20-16(18)21-22)7-8-15(24)27-9-12-5-3-4-6-14(12)23(25)26/h3-6H,7-9H2,1-2H3,(H2,18,21). The van der Waals surface area contributed by atoms with Crippen LogP contribution in [0.5, 0.6) is 0 Å². The Bertz CT molecular complexity index is 1030. The van der Waals surface area contributed by atoms with Crippen LogP contribution in [0.1, 0.15) is 28.9 Å². The van der Waals surface area contributed by atoms with Gasteiger partial charge in [-0.05, 0) is 31.9 Å². The second-order valence-corrected chi connectivity index (χ2v) is 5.99. The number of aryl methyl sites for hydroxylation is 2. The molecular weight excluding hydrogens is 352 g/mol. The minimum absolute atomic E-state index is 0.0737. The van der Waals surface area contributed by atoms with Gasteiger partial charge in [0.25, 0.3) is 11.5 Å². The Morgan fingerprint density at radius 3 is 2.78 bits per heavy atom. The molecule has 1 aromatic carbocycles. The summed E-state index contributed by atoms with van der Waals surface area (Å²) in [5, 5.41) is 15.1. The number of fused-ring (bicyclic) bond motifs is 1. The smallest absolute Gasteiger partial charge is 0.306 e. The summed E-state index contributed by atoms with van der Waals surface area (Å²) < 4.78 is 6.73. The van der Waals surface area contributed by atoms with Crippen LogP contribution in [0.4, 0.5) is 11.6 Å². The Balaban J connectivity index is 1.66. The zero-order chi connectivity index (χ0) is 19.6. The molecule has 10 heteroatoms. The van der Waals surface area contributed by atoms with Crippen molar-refractivity contribution < 1.29 is 14.5 Å².